The molecular weight excluding hydrogens is 368 g/mol. The van der Waals surface area contributed by atoms with E-state index in [0.29, 0.717) is 5.69 Å². The van der Waals surface area contributed by atoms with E-state index in [9.17, 15) is 9.59 Å². The molecule has 0 aromatic heterocycles. The molecule has 2 amide bonds. The van der Waals surface area contributed by atoms with Crippen molar-refractivity contribution in [2.75, 3.05) is 10.6 Å². The maximum absolute atomic E-state index is 12.3. The number of carbonyl (C=O) groups excluding carboxylic acids is 2. The first kappa shape index (κ1) is 18.2. The first-order chi connectivity index (χ1) is 11.5. The molecule has 2 N–H and O–H groups in total. The van der Waals surface area contributed by atoms with Crippen molar-refractivity contribution in [1.82, 2.24) is 0 Å². The first-order valence-electron chi connectivity index (χ1n) is 7.95. The lowest BCUT2D eigenvalue weighted by Crippen LogP contribution is -2.29. The summed E-state index contributed by atoms with van der Waals surface area (Å²) in [6.45, 7) is 6.00. The Morgan fingerprint density at radius 1 is 0.958 bits per heavy atom. The molecule has 2 aromatic rings. The number of para-hydroxylation sites is 1. The van der Waals surface area contributed by atoms with Crippen LogP contribution in [0, 0.1) is 6.92 Å². The SMILES string of the molecule is CCc1cccc(CC)c1NC(=O)C(=O)Nc1ccc(C)c(Br)c1. The molecule has 2 rings (SSSR count). The van der Waals surface area contributed by atoms with Crippen LogP contribution in [0.3, 0.4) is 0 Å². The average Bonchev–Trinajstić information content (AvgIpc) is 2.58. The molecule has 0 saturated heterocycles. The summed E-state index contributed by atoms with van der Waals surface area (Å²) in [7, 11) is 0. The second-order valence-corrected chi connectivity index (χ2v) is 6.38. The van der Waals surface area contributed by atoms with Gasteiger partial charge in [0.15, 0.2) is 0 Å². The quantitative estimate of drug-likeness (QED) is 0.759. The van der Waals surface area contributed by atoms with E-state index in [1.807, 2.05) is 45.0 Å². The van der Waals surface area contributed by atoms with E-state index in [4.69, 9.17) is 0 Å². The van der Waals surface area contributed by atoms with Crippen molar-refractivity contribution in [3.8, 4) is 0 Å². The zero-order valence-corrected chi connectivity index (χ0v) is 15.7. The van der Waals surface area contributed by atoms with Crippen LogP contribution in [0.5, 0.6) is 0 Å². The maximum Gasteiger partial charge on any atom is 0.314 e. The number of nitrogens with one attached hydrogen (secondary N) is 2. The number of amides is 2. The van der Waals surface area contributed by atoms with Crippen LogP contribution < -0.4 is 10.6 Å². The number of anilines is 2. The molecule has 0 aliphatic rings. The van der Waals surface area contributed by atoms with Gasteiger partial charge in [-0.1, -0.05) is 54.0 Å². The standard InChI is InChI=1S/C19H21BrN2O2/c1-4-13-7-6-8-14(5-2)17(13)22-19(24)18(23)21-15-10-9-12(3)16(20)11-15/h6-11H,4-5H2,1-3H3,(H,21,23)(H,22,24). The minimum Gasteiger partial charge on any atom is -0.318 e. The zero-order valence-electron chi connectivity index (χ0n) is 14.1. The second-order valence-electron chi connectivity index (χ2n) is 5.53. The Kier molecular flexibility index (Phi) is 6.15. The summed E-state index contributed by atoms with van der Waals surface area (Å²) in [5.41, 5.74) is 4.42. The summed E-state index contributed by atoms with van der Waals surface area (Å²) >= 11 is 3.41. The van der Waals surface area contributed by atoms with E-state index in [-0.39, 0.29) is 0 Å². The Morgan fingerprint density at radius 2 is 1.54 bits per heavy atom. The zero-order chi connectivity index (χ0) is 17.7. The topological polar surface area (TPSA) is 58.2 Å². The second kappa shape index (κ2) is 8.11. The fourth-order valence-electron chi connectivity index (χ4n) is 2.43. The van der Waals surface area contributed by atoms with E-state index < -0.39 is 11.8 Å². The molecule has 0 atom stereocenters. The third-order valence-corrected chi connectivity index (χ3v) is 4.73. The molecule has 24 heavy (non-hydrogen) atoms. The molecule has 0 unspecified atom stereocenters. The fraction of sp³-hybridized carbons (Fsp3) is 0.263. The summed E-state index contributed by atoms with van der Waals surface area (Å²) in [6, 6.07) is 11.3. The van der Waals surface area contributed by atoms with Gasteiger partial charge in [-0.05, 0) is 48.6 Å². The number of rotatable bonds is 4. The van der Waals surface area contributed by atoms with Crippen LogP contribution >= 0.6 is 15.9 Å². The van der Waals surface area contributed by atoms with Crippen LogP contribution in [0.2, 0.25) is 0 Å². The molecule has 0 heterocycles. The van der Waals surface area contributed by atoms with Crippen LogP contribution in [0.15, 0.2) is 40.9 Å². The van der Waals surface area contributed by atoms with Gasteiger partial charge in [-0.25, -0.2) is 0 Å². The third-order valence-electron chi connectivity index (χ3n) is 3.87. The van der Waals surface area contributed by atoms with Crippen LogP contribution in [0.25, 0.3) is 0 Å². The summed E-state index contributed by atoms with van der Waals surface area (Å²) < 4.78 is 0.880. The molecule has 0 spiro atoms. The fourth-order valence-corrected chi connectivity index (χ4v) is 2.81. The molecule has 0 saturated carbocycles. The van der Waals surface area contributed by atoms with Gasteiger partial charge in [0.1, 0.15) is 0 Å². The number of hydrogen-bond acceptors (Lipinski definition) is 2. The van der Waals surface area contributed by atoms with Crippen molar-refractivity contribution < 1.29 is 9.59 Å². The van der Waals surface area contributed by atoms with E-state index in [2.05, 4.69) is 26.6 Å². The number of hydrogen-bond donors (Lipinski definition) is 2. The lowest BCUT2D eigenvalue weighted by Gasteiger charge is -2.14. The molecule has 0 aliphatic carbocycles. The Labute approximate surface area is 150 Å². The number of aryl methyl sites for hydroxylation is 3. The Hall–Kier alpha value is -2.14. The third kappa shape index (κ3) is 4.23. The van der Waals surface area contributed by atoms with Crippen LogP contribution in [0.4, 0.5) is 11.4 Å². The van der Waals surface area contributed by atoms with Gasteiger partial charge in [0.05, 0.1) is 0 Å². The van der Waals surface area contributed by atoms with Gasteiger partial charge < -0.3 is 10.6 Å². The summed E-state index contributed by atoms with van der Waals surface area (Å²) in [5.74, 6) is -1.35. The van der Waals surface area contributed by atoms with Crippen molar-refractivity contribution in [2.45, 2.75) is 33.6 Å². The number of carbonyl (C=O) groups is 2. The predicted molar refractivity (Wildman–Crippen MR) is 101 cm³/mol. The normalized spacial score (nSPS) is 10.3. The molecule has 0 aliphatic heterocycles. The largest absolute Gasteiger partial charge is 0.318 e. The van der Waals surface area contributed by atoms with Gasteiger partial charge in [-0.3, -0.25) is 9.59 Å². The van der Waals surface area contributed by atoms with E-state index >= 15 is 0 Å². The smallest absolute Gasteiger partial charge is 0.314 e. The minimum atomic E-state index is -0.682. The lowest BCUT2D eigenvalue weighted by atomic mass is 10.0. The molecule has 0 fully saturated rings. The van der Waals surface area contributed by atoms with E-state index in [0.717, 1.165) is 39.7 Å². The highest BCUT2D eigenvalue weighted by molar-refractivity contribution is 9.10. The average molecular weight is 389 g/mol. The maximum atomic E-state index is 12.3. The van der Waals surface area contributed by atoms with Crippen molar-refractivity contribution in [2.24, 2.45) is 0 Å². The van der Waals surface area contributed by atoms with Gasteiger partial charge in [0.25, 0.3) is 0 Å². The summed E-state index contributed by atoms with van der Waals surface area (Å²) in [5, 5.41) is 5.39. The van der Waals surface area contributed by atoms with E-state index in [1.54, 1.807) is 12.1 Å². The van der Waals surface area contributed by atoms with E-state index in [1.165, 1.54) is 0 Å². The van der Waals surface area contributed by atoms with Crippen molar-refractivity contribution in [3.63, 3.8) is 0 Å². The molecule has 0 bridgehead atoms. The van der Waals surface area contributed by atoms with Crippen molar-refractivity contribution in [3.05, 3.63) is 57.6 Å². The van der Waals surface area contributed by atoms with Gasteiger partial charge in [-0.15, -0.1) is 0 Å². The minimum absolute atomic E-state index is 0.576. The van der Waals surface area contributed by atoms with Crippen molar-refractivity contribution in [1.29, 1.82) is 0 Å². The van der Waals surface area contributed by atoms with Crippen LogP contribution in [0.1, 0.15) is 30.5 Å². The molecule has 4 nitrogen and oxygen atoms in total. The van der Waals surface area contributed by atoms with Gasteiger partial charge in [0.2, 0.25) is 0 Å². The van der Waals surface area contributed by atoms with Crippen molar-refractivity contribution >= 4 is 39.1 Å². The highest BCUT2D eigenvalue weighted by Crippen LogP contribution is 2.23. The summed E-state index contributed by atoms with van der Waals surface area (Å²) in [6.07, 6.45) is 1.58. The molecule has 2 aromatic carbocycles. The lowest BCUT2D eigenvalue weighted by molar-refractivity contribution is -0.133. The summed E-state index contributed by atoms with van der Waals surface area (Å²) in [4.78, 5) is 24.4. The van der Waals surface area contributed by atoms with Crippen LogP contribution in [-0.2, 0) is 22.4 Å². The Morgan fingerprint density at radius 3 is 2.08 bits per heavy atom. The van der Waals surface area contributed by atoms with Gasteiger partial charge in [0, 0.05) is 15.8 Å². The molecule has 5 heteroatoms. The van der Waals surface area contributed by atoms with Gasteiger partial charge in [-0.2, -0.15) is 0 Å². The Bertz CT molecular complexity index is 750. The number of halogens is 1. The molecule has 126 valence electrons. The van der Waals surface area contributed by atoms with Crippen LogP contribution in [-0.4, -0.2) is 11.8 Å². The molecule has 0 radical (unpaired) electrons. The molecular formula is C19H21BrN2O2. The highest BCUT2D eigenvalue weighted by atomic mass is 79.9. The first-order valence-corrected chi connectivity index (χ1v) is 8.74. The monoisotopic (exact) mass is 388 g/mol. The predicted octanol–water partition coefficient (Wildman–Crippen LogP) is 4.46. The number of benzene rings is 2. The highest BCUT2D eigenvalue weighted by Gasteiger charge is 2.17. The Balaban J connectivity index is 2.15. The van der Waals surface area contributed by atoms with Gasteiger partial charge >= 0.3 is 11.8 Å².